The van der Waals surface area contributed by atoms with Crippen LogP contribution >= 0.6 is 24.0 Å². The third-order valence-corrected chi connectivity index (χ3v) is 4.72. The number of ether oxygens (including phenoxy) is 2. The predicted molar refractivity (Wildman–Crippen MR) is 140 cm³/mol. The molecule has 0 aromatic heterocycles. The first-order chi connectivity index (χ1) is 14.9. The zero-order valence-electron chi connectivity index (χ0n) is 19.6. The summed E-state index contributed by atoms with van der Waals surface area (Å²) in [6.07, 6.45) is 0.783. The molecule has 2 aromatic carbocycles. The van der Waals surface area contributed by atoms with Crippen molar-refractivity contribution in [3.05, 3.63) is 64.7 Å². The third-order valence-electron chi connectivity index (χ3n) is 4.72. The molecule has 0 aliphatic heterocycles. The van der Waals surface area contributed by atoms with E-state index in [0.717, 1.165) is 28.9 Å². The highest BCUT2D eigenvalue weighted by atomic mass is 127. The van der Waals surface area contributed by atoms with Crippen LogP contribution in [0.15, 0.2) is 47.5 Å². The third kappa shape index (κ3) is 9.04. The van der Waals surface area contributed by atoms with E-state index < -0.39 is 0 Å². The number of nitrogens with one attached hydrogen (secondary N) is 2. The number of aryl methyl sites for hydroxylation is 1. The lowest BCUT2D eigenvalue weighted by Gasteiger charge is -2.16. The quantitative estimate of drug-likeness (QED) is 0.204. The number of aliphatic imine (C=N–C) groups is 1. The van der Waals surface area contributed by atoms with E-state index in [2.05, 4.69) is 27.8 Å². The summed E-state index contributed by atoms with van der Waals surface area (Å²) in [5, 5.41) is 6.66. The minimum absolute atomic E-state index is 0. The molecule has 0 fully saturated rings. The van der Waals surface area contributed by atoms with Gasteiger partial charge in [0.25, 0.3) is 5.91 Å². The lowest BCUT2D eigenvalue weighted by Crippen LogP contribution is -2.38. The number of carbonyl (C=O) groups is 1. The van der Waals surface area contributed by atoms with Crippen molar-refractivity contribution in [3.8, 4) is 5.75 Å². The number of hydrogen-bond acceptors (Lipinski definition) is 4. The number of hydrogen-bond donors (Lipinski definition) is 2. The summed E-state index contributed by atoms with van der Waals surface area (Å²) in [6.45, 7) is 4.39. The molecule has 0 spiro atoms. The first kappa shape index (κ1) is 27.7. The number of carbonyl (C=O) groups excluding carboxylic acids is 1. The molecule has 0 aliphatic rings. The van der Waals surface area contributed by atoms with Gasteiger partial charge in [-0.2, -0.15) is 0 Å². The number of nitrogens with zero attached hydrogens (tertiary/aromatic N) is 2. The fourth-order valence-corrected chi connectivity index (χ4v) is 3.02. The summed E-state index contributed by atoms with van der Waals surface area (Å²) < 4.78 is 10.9. The first-order valence-corrected chi connectivity index (χ1v) is 10.4. The van der Waals surface area contributed by atoms with Gasteiger partial charge in [0.15, 0.2) is 5.96 Å². The molecule has 8 heteroatoms. The fraction of sp³-hybridized carbons (Fsp3) is 0.417. The molecule has 0 radical (unpaired) electrons. The maximum atomic E-state index is 12.1. The fourth-order valence-electron chi connectivity index (χ4n) is 3.02. The lowest BCUT2D eigenvalue weighted by atomic mass is 10.1. The largest absolute Gasteiger partial charge is 0.491 e. The second-order valence-electron chi connectivity index (χ2n) is 7.45. The van der Waals surface area contributed by atoms with Crippen molar-refractivity contribution in [1.29, 1.82) is 0 Å². The van der Waals surface area contributed by atoms with E-state index in [4.69, 9.17) is 9.47 Å². The van der Waals surface area contributed by atoms with Crippen molar-refractivity contribution in [2.45, 2.75) is 19.9 Å². The van der Waals surface area contributed by atoms with Gasteiger partial charge in [-0.15, -0.1) is 24.0 Å². The smallest absolute Gasteiger partial charge is 0.253 e. The van der Waals surface area contributed by atoms with E-state index in [1.807, 2.05) is 37.3 Å². The van der Waals surface area contributed by atoms with Crippen molar-refractivity contribution in [3.63, 3.8) is 0 Å². The van der Waals surface area contributed by atoms with E-state index in [-0.39, 0.29) is 29.9 Å². The molecule has 2 aromatic rings. The zero-order chi connectivity index (χ0) is 22.6. The number of rotatable bonds is 10. The Balaban J connectivity index is 0.00000512. The zero-order valence-corrected chi connectivity index (χ0v) is 21.9. The second-order valence-corrected chi connectivity index (χ2v) is 7.45. The predicted octanol–water partition coefficient (Wildman–Crippen LogP) is 3.25. The maximum absolute atomic E-state index is 12.1. The minimum Gasteiger partial charge on any atom is -0.491 e. The van der Waals surface area contributed by atoms with Gasteiger partial charge in [0, 0.05) is 52.5 Å². The van der Waals surface area contributed by atoms with Gasteiger partial charge < -0.3 is 25.0 Å². The van der Waals surface area contributed by atoms with E-state index >= 15 is 0 Å². The van der Waals surface area contributed by atoms with Crippen LogP contribution in [-0.4, -0.2) is 64.8 Å². The van der Waals surface area contributed by atoms with E-state index in [9.17, 15) is 4.79 Å². The summed E-state index contributed by atoms with van der Waals surface area (Å²) >= 11 is 0. The molecule has 32 heavy (non-hydrogen) atoms. The highest BCUT2D eigenvalue weighted by Crippen LogP contribution is 2.20. The van der Waals surface area contributed by atoms with Crippen LogP contribution in [0.1, 0.15) is 27.0 Å². The molecule has 0 atom stereocenters. The van der Waals surface area contributed by atoms with Gasteiger partial charge in [-0.25, -0.2) is 0 Å². The number of benzene rings is 2. The van der Waals surface area contributed by atoms with Crippen LogP contribution in [-0.2, 0) is 17.7 Å². The van der Waals surface area contributed by atoms with Gasteiger partial charge in [0.05, 0.1) is 6.61 Å². The molecule has 2 rings (SSSR count). The Bertz CT molecular complexity index is 887. The van der Waals surface area contributed by atoms with Crippen molar-refractivity contribution in [1.82, 2.24) is 15.5 Å². The molecule has 176 valence electrons. The Labute approximate surface area is 208 Å². The highest BCUT2D eigenvalue weighted by Gasteiger charge is 2.09. The van der Waals surface area contributed by atoms with Crippen molar-refractivity contribution in [2.75, 3.05) is 48.0 Å². The maximum Gasteiger partial charge on any atom is 0.253 e. The topological polar surface area (TPSA) is 75.2 Å². The normalized spacial score (nSPS) is 10.8. The first-order valence-electron chi connectivity index (χ1n) is 10.4. The van der Waals surface area contributed by atoms with Crippen LogP contribution in [0.25, 0.3) is 0 Å². The van der Waals surface area contributed by atoms with E-state index in [1.54, 1.807) is 33.2 Å². The molecule has 0 aliphatic carbocycles. The van der Waals surface area contributed by atoms with E-state index in [0.29, 0.717) is 37.8 Å². The molecule has 0 unspecified atom stereocenters. The van der Waals surface area contributed by atoms with Crippen molar-refractivity contribution < 1.29 is 14.3 Å². The molecule has 1 amide bonds. The van der Waals surface area contributed by atoms with Crippen LogP contribution in [0.5, 0.6) is 5.75 Å². The minimum atomic E-state index is 0. The molecule has 0 bridgehead atoms. The summed E-state index contributed by atoms with van der Waals surface area (Å²) in [6, 6.07) is 13.9. The summed E-state index contributed by atoms with van der Waals surface area (Å²) in [5.41, 5.74) is 4.00. The molecule has 0 saturated heterocycles. The second kappa shape index (κ2) is 14.7. The Morgan fingerprint density at radius 1 is 1.09 bits per heavy atom. The standard InChI is InChI=1S/C24H34N4O3.HI/c1-18-9-10-21(22(15-18)31-14-13-30-5)17-27-24(25-2)26-12-11-19-7-6-8-20(16-19)23(29)28(3)4;/h6-10,15-16H,11-14,17H2,1-5H3,(H2,25,26,27);1H. The molecule has 0 saturated carbocycles. The van der Waals surface area contributed by atoms with Gasteiger partial charge in [0.2, 0.25) is 0 Å². The summed E-state index contributed by atoms with van der Waals surface area (Å²) in [5.74, 6) is 1.57. The van der Waals surface area contributed by atoms with Gasteiger partial charge in [-0.05, 0) is 42.7 Å². The summed E-state index contributed by atoms with van der Waals surface area (Å²) in [4.78, 5) is 18.0. The average Bonchev–Trinajstić information content (AvgIpc) is 2.77. The van der Waals surface area contributed by atoms with Crippen LogP contribution in [0.2, 0.25) is 0 Å². The summed E-state index contributed by atoms with van der Waals surface area (Å²) in [7, 11) is 6.92. The van der Waals surface area contributed by atoms with Gasteiger partial charge in [0.1, 0.15) is 12.4 Å². The molecule has 2 N–H and O–H groups in total. The van der Waals surface area contributed by atoms with Crippen molar-refractivity contribution >= 4 is 35.8 Å². The number of guanidine groups is 1. The number of halogens is 1. The SMILES string of the molecule is CN=C(NCCc1cccc(C(=O)N(C)C)c1)NCc1ccc(C)cc1OCCOC.I. The molecule has 7 nitrogen and oxygen atoms in total. The van der Waals surface area contributed by atoms with Crippen LogP contribution in [0.4, 0.5) is 0 Å². The van der Waals surface area contributed by atoms with Crippen LogP contribution in [0, 0.1) is 6.92 Å². The Morgan fingerprint density at radius 2 is 1.88 bits per heavy atom. The average molecular weight is 554 g/mol. The lowest BCUT2D eigenvalue weighted by molar-refractivity contribution is 0.0827. The van der Waals surface area contributed by atoms with Crippen LogP contribution in [0.3, 0.4) is 0 Å². The van der Waals surface area contributed by atoms with Gasteiger partial charge in [-0.1, -0.05) is 24.3 Å². The highest BCUT2D eigenvalue weighted by molar-refractivity contribution is 14.0. The Morgan fingerprint density at radius 3 is 2.56 bits per heavy atom. The Hall–Kier alpha value is -2.33. The van der Waals surface area contributed by atoms with Crippen molar-refractivity contribution in [2.24, 2.45) is 4.99 Å². The molecular formula is C24H35IN4O3. The molecular weight excluding hydrogens is 519 g/mol. The number of methoxy groups -OCH3 is 1. The van der Waals surface area contributed by atoms with Crippen LogP contribution < -0.4 is 15.4 Å². The van der Waals surface area contributed by atoms with Gasteiger partial charge >= 0.3 is 0 Å². The number of amides is 1. The monoisotopic (exact) mass is 554 g/mol. The van der Waals surface area contributed by atoms with E-state index in [1.165, 1.54) is 0 Å². The van der Waals surface area contributed by atoms with Gasteiger partial charge in [-0.3, -0.25) is 9.79 Å². The molecule has 0 heterocycles. The Kier molecular flexibility index (Phi) is 12.7.